The van der Waals surface area contributed by atoms with Gasteiger partial charge < -0.3 is 10.6 Å². The second-order valence-electron chi connectivity index (χ2n) is 5.66. The molecule has 1 aromatic rings. The molecule has 0 heterocycles. The van der Waals surface area contributed by atoms with Crippen LogP contribution in [0.25, 0.3) is 0 Å². The van der Waals surface area contributed by atoms with Crippen molar-refractivity contribution in [2.45, 2.75) is 32.2 Å². The second kappa shape index (κ2) is 8.73. The molecule has 22 heavy (non-hydrogen) atoms. The minimum Gasteiger partial charge on any atom is -0.356 e. The number of hydrogen-bond donors (Lipinski definition) is 2. The minimum absolute atomic E-state index is 0.190. The van der Waals surface area contributed by atoms with E-state index in [0.29, 0.717) is 0 Å². The van der Waals surface area contributed by atoms with E-state index in [1.54, 1.807) is 7.05 Å². The number of nitrogens with one attached hydrogen (secondary N) is 2. The van der Waals surface area contributed by atoms with Crippen molar-refractivity contribution in [1.82, 2.24) is 15.5 Å². The molecule has 2 N–H and O–H groups in total. The lowest BCUT2D eigenvalue weighted by molar-refractivity contribution is 0.282. The largest absolute Gasteiger partial charge is 0.356 e. The van der Waals surface area contributed by atoms with Crippen molar-refractivity contribution in [2.75, 3.05) is 33.2 Å². The van der Waals surface area contributed by atoms with Crippen molar-refractivity contribution in [3.8, 4) is 0 Å². The number of benzene rings is 1. The zero-order chi connectivity index (χ0) is 15.8. The number of aliphatic imine (C=N–C) groups is 1. The Hall–Kier alpha value is -1.62. The Labute approximate surface area is 132 Å². The molecule has 122 valence electrons. The maximum Gasteiger partial charge on any atom is 0.191 e. The van der Waals surface area contributed by atoms with E-state index in [1.807, 2.05) is 12.1 Å². The van der Waals surface area contributed by atoms with Crippen LogP contribution in [0.4, 0.5) is 4.39 Å². The van der Waals surface area contributed by atoms with Gasteiger partial charge in [0, 0.05) is 32.7 Å². The van der Waals surface area contributed by atoms with E-state index in [4.69, 9.17) is 0 Å². The molecule has 0 aliphatic heterocycles. The van der Waals surface area contributed by atoms with Crippen LogP contribution in [0.15, 0.2) is 29.3 Å². The molecule has 0 spiro atoms. The van der Waals surface area contributed by atoms with Crippen LogP contribution in [-0.2, 0) is 6.42 Å². The lowest BCUT2D eigenvalue weighted by Gasteiger charge is -2.20. The number of nitrogens with zero attached hydrogens (tertiary/aromatic N) is 2. The molecule has 1 fully saturated rings. The zero-order valence-corrected chi connectivity index (χ0v) is 13.6. The molecule has 4 nitrogen and oxygen atoms in total. The van der Waals surface area contributed by atoms with Gasteiger partial charge >= 0.3 is 0 Å². The molecular formula is C17H27FN4. The van der Waals surface area contributed by atoms with E-state index < -0.39 is 0 Å². The van der Waals surface area contributed by atoms with Gasteiger partial charge in [0.05, 0.1) is 0 Å². The van der Waals surface area contributed by atoms with Gasteiger partial charge in [-0.2, -0.15) is 0 Å². The molecule has 0 unspecified atom stereocenters. The molecule has 0 aromatic heterocycles. The van der Waals surface area contributed by atoms with Crippen LogP contribution < -0.4 is 10.6 Å². The fourth-order valence-electron chi connectivity index (χ4n) is 2.55. The third-order valence-corrected chi connectivity index (χ3v) is 4.00. The molecule has 1 aliphatic rings. The Bertz CT molecular complexity index is 468. The first-order valence-corrected chi connectivity index (χ1v) is 8.16. The molecule has 0 amide bonds. The summed E-state index contributed by atoms with van der Waals surface area (Å²) < 4.78 is 12.8. The van der Waals surface area contributed by atoms with E-state index in [-0.39, 0.29) is 5.82 Å². The molecule has 0 saturated heterocycles. The number of halogens is 1. The van der Waals surface area contributed by atoms with Crippen LogP contribution in [0.1, 0.15) is 25.3 Å². The number of guanidine groups is 1. The number of rotatable bonds is 8. The minimum atomic E-state index is -0.190. The van der Waals surface area contributed by atoms with Crippen LogP contribution in [0.2, 0.25) is 0 Å². The third-order valence-electron chi connectivity index (χ3n) is 4.00. The maximum atomic E-state index is 12.8. The van der Waals surface area contributed by atoms with Crippen LogP contribution in [-0.4, -0.2) is 50.1 Å². The van der Waals surface area contributed by atoms with Gasteiger partial charge in [0.25, 0.3) is 0 Å². The predicted octanol–water partition coefficient (Wildman–Crippen LogP) is 2.02. The van der Waals surface area contributed by atoms with Crippen molar-refractivity contribution in [2.24, 2.45) is 4.99 Å². The first-order valence-electron chi connectivity index (χ1n) is 8.16. The third kappa shape index (κ3) is 5.64. The summed E-state index contributed by atoms with van der Waals surface area (Å²) in [5.74, 6) is 0.638. The lowest BCUT2D eigenvalue weighted by Crippen LogP contribution is -2.42. The number of hydrogen-bond acceptors (Lipinski definition) is 2. The molecule has 0 bridgehead atoms. The Morgan fingerprint density at radius 3 is 2.50 bits per heavy atom. The Balaban J connectivity index is 1.63. The topological polar surface area (TPSA) is 39.7 Å². The normalized spacial score (nSPS) is 15.2. The molecule has 5 heteroatoms. The van der Waals surface area contributed by atoms with Crippen LogP contribution >= 0.6 is 0 Å². The first-order chi connectivity index (χ1) is 10.7. The van der Waals surface area contributed by atoms with E-state index in [9.17, 15) is 4.39 Å². The van der Waals surface area contributed by atoms with Crippen molar-refractivity contribution in [3.05, 3.63) is 35.6 Å². The zero-order valence-electron chi connectivity index (χ0n) is 13.6. The molecule has 2 rings (SSSR count). The van der Waals surface area contributed by atoms with E-state index >= 15 is 0 Å². The summed E-state index contributed by atoms with van der Waals surface area (Å²) in [6, 6.07) is 7.45. The highest BCUT2D eigenvalue weighted by molar-refractivity contribution is 5.79. The fraction of sp³-hybridized carbons (Fsp3) is 0.588. The lowest BCUT2D eigenvalue weighted by atomic mass is 10.1. The number of likely N-dealkylation sites (N-methyl/N-ethyl adjacent to an activating group) is 1. The average molecular weight is 306 g/mol. The Morgan fingerprint density at radius 1 is 1.23 bits per heavy atom. The van der Waals surface area contributed by atoms with Gasteiger partial charge in [0.2, 0.25) is 0 Å². The Kier molecular flexibility index (Phi) is 6.65. The molecular weight excluding hydrogens is 279 g/mol. The summed E-state index contributed by atoms with van der Waals surface area (Å²) in [6.45, 7) is 6.07. The van der Waals surface area contributed by atoms with Crippen LogP contribution in [0, 0.1) is 5.82 Å². The van der Waals surface area contributed by atoms with E-state index in [0.717, 1.165) is 50.2 Å². The summed E-state index contributed by atoms with van der Waals surface area (Å²) in [4.78, 5) is 6.75. The Morgan fingerprint density at radius 2 is 1.91 bits per heavy atom. The highest BCUT2D eigenvalue weighted by Gasteiger charge is 2.27. The van der Waals surface area contributed by atoms with Gasteiger partial charge in [0.15, 0.2) is 5.96 Å². The van der Waals surface area contributed by atoms with Crippen molar-refractivity contribution in [1.29, 1.82) is 0 Å². The van der Waals surface area contributed by atoms with Gasteiger partial charge in [-0.1, -0.05) is 19.1 Å². The van der Waals surface area contributed by atoms with Crippen molar-refractivity contribution in [3.63, 3.8) is 0 Å². The highest BCUT2D eigenvalue weighted by atomic mass is 19.1. The van der Waals surface area contributed by atoms with Gasteiger partial charge in [-0.3, -0.25) is 9.89 Å². The summed E-state index contributed by atoms with van der Waals surface area (Å²) >= 11 is 0. The summed E-state index contributed by atoms with van der Waals surface area (Å²) in [5, 5.41) is 6.65. The SMILES string of the molecule is CCN(CCNC(=NC)NCCc1ccc(F)cc1)C1CC1. The summed E-state index contributed by atoms with van der Waals surface area (Å²) in [5.41, 5.74) is 1.12. The van der Waals surface area contributed by atoms with Gasteiger partial charge in [-0.25, -0.2) is 4.39 Å². The standard InChI is InChI=1S/C17H27FN4/c1-3-22(16-8-9-16)13-12-21-17(19-2)20-11-10-14-4-6-15(18)7-5-14/h4-7,16H,3,8-13H2,1-2H3,(H2,19,20,21). The van der Waals surface area contributed by atoms with Gasteiger partial charge in [-0.05, 0) is 43.5 Å². The quantitative estimate of drug-likeness (QED) is 0.570. The summed E-state index contributed by atoms with van der Waals surface area (Å²) in [7, 11) is 1.78. The average Bonchev–Trinajstić information content (AvgIpc) is 3.36. The van der Waals surface area contributed by atoms with Crippen molar-refractivity contribution >= 4 is 5.96 Å². The fourth-order valence-corrected chi connectivity index (χ4v) is 2.55. The molecule has 1 aromatic carbocycles. The molecule has 0 radical (unpaired) electrons. The van der Waals surface area contributed by atoms with Crippen LogP contribution in [0.5, 0.6) is 0 Å². The maximum absolute atomic E-state index is 12.8. The highest BCUT2D eigenvalue weighted by Crippen LogP contribution is 2.25. The van der Waals surface area contributed by atoms with Crippen LogP contribution in [0.3, 0.4) is 0 Å². The molecule has 0 atom stereocenters. The van der Waals surface area contributed by atoms with Gasteiger partial charge in [0.1, 0.15) is 5.82 Å². The van der Waals surface area contributed by atoms with E-state index in [2.05, 4.69) is 27.4 Å². The van der Waals surface area contributed by atoms with Crippen molar-refractivity contribution < 1.29 is 4.39 Å². The van der Waals surface area contributed by atoms with Gasteiger partial charge in [-0.15, -0.1) is 0 Å². The summed E-state index contributed by atoms with van der Waals surface area (Å²) in [6.07, 6.45) is 3.54. The second-order valence-corrected chi connectivity index (χ2v) is 5.66. The van der Waals surface area contributed by atoms with E-state index in [1.165, 1.54) is 25.0 Å². The molecule has 1 saturated carbocycles. The molecule has 1 aliphatic carbocycles. The predicted molar refractivity (Wildman–Crippen MR) is 89.7 cm³/mol. The smallest absolute Gasteiger partial charge is 0.191 e. The first kappa shape index (κ1) is 16.7. The monoisotopic (exact) mass is 306 g/mol.